The van der Waals surface area contributed by atoms with Crippen LogP contribution in [0.15, 0.2) is 60.9 Å². The summed E-state index contributed by atoms with van der Waals surface area (Å²) in [5.74, 6) is 0. The summed E-state index contributed by atoms with van der Waals surface area (Å²) >= 11 is 0. The first-order valence-corrected chi connectivity index (χ1v) is 10.6. The largest absolute Gasteiger partial charge is 0.309 e. The van der Waals surface area contributed by atoms with Gasteiger partial charge in [0.25, 0.3) is 0 Å². The van der Waals surface area contributed by atoms with Gasteiger partial charge in [-0.2, -0.15) is 10.2 Å². The minimum atomic E-state index is -0.409. The molecule has 0 atom stereocenters. The summed E-state index contributed by atoms with van der Waals surface area (Å²) in [4.78, 5) is 20.6. The van der Waals surface area contributed by atoms with Gasteiger partial charge < -0.3 is 0 Å². The van der Waals surface area contributed by atoms with E-state index in [0.717, 1.165) is 11.1 Å². The third kappa shape index (κ3) is 6.12. The van der Waals surface area contributed by atoms with E-state index in [0.29, 0.717) is 24.5 Å². The fraction of sp³-hybridized carbons (Fsp3) is 0.250. The number of hydrogen-bond donors (Lipinski definition) is 0. The van der Waals surface area contributed by atoms with E-state index in [9.17, 15) is 20.2 Å². The topological polar surface area (TPSA) is 122 Å². The van der Waals surface area contributed by atoms with Gasteiger partial charge in [0.2, 0.25) is 0 Å². The minimum absolute atomic E-state index is 0.0668. The second kappa shape index (κ2) is 10.5. The molecule has 0 amide bonds. The Labute approximate surface area is 196 Å². The Balaban J connectivity index is 0.000000191. The number of rotatable bonds is 6. The van der Waals surface area contributed by atoms with Crippen molar-refractivity contribution >= 4 is 11.4 Å². The molecule has 0 aliphatic rings. The van der Waals surface area contributed by atoms with Gasteiger partial charge in [0.15, 0.2) is 0 Å². The highest BCUT2D eigenvalue weighted by Gasteiger charge is 2.16. The van der Waals surface area contributed by atoms with Crippen molar-refractivity contribution in [2.75, 3.05) is 0 Å². The molecule has 0 N–H and O–H groups in total. The summed E-state index contributed by atoms with van der Waals surface area (Å²) < 4.78 is 3.24. The van der Waals surface area contributed by atoms with Crippen molar-refractivity contribution < 1.29 is 9.85 Å². The lowest BCUT2D eigenvalue weighted by atomic mass is 10.1. The molecule has 0 aliphatic carbocycles. The number of nitro groups is 2. The van der Waals surface area contributed by atoms with Crippen molar-refractivity contribution in [3.05, 3.63) is 115 Å². The molecule has 0 fully saturated rings. The third-order valence-electron chi connectivity index (χ3n) is 5.31. The predicted octanol–water partition coefficient (Wildman–Crippen LogP) is 4.91. The van der Waals surface area contributed by atoms with Crippen LogP contribution in [-0.4, -0.2) is 29.4 Å². The molecule has 0 spiro atoms. The summed E-state index contributed by atoms with van der Waals surface area (Å²) in [5.41, 5.74) is 5.70. The van der Waals surface area contributed by atoms with E-state index >= 15 is 0 Å². The Kier molecular flexibility index (Phi) is 7.52. The highest BCUT2D eigenvalue weighted by atomic mass is 16.6. The Bertz CT molecular complexity index is 1280. The van der Waals surface area contributed by atoms with Crippen LogP contribution >= 0.6 is 0 Å². The molecule has 2 aromatic heterocycles. The van der Waals surface area contributed by atoms with Gasteiger partial charge >= 0.3 is 11.4 Å². The minimum Gasteiger partial charge on any atom is -0.261 e. The van der Waals surface area contributed by atoms with Crippen molar-refractivity contribution in [3.63, 3.8) is 0 Å². The quantitative estimate of drug-likeness (QED) is 0.296. The second-order valence-corrected chi connectivity index (χ2v) is 8.06. The first kappa shape index (κ1) is 24.3. The Morgan fingerprint density at radius 3 is 1.71 bits per heavy atom. The van der Waals surface area contributed by atoms with Gasteiger partial charge in [-0.05, 0) is 38.8 Å². The van der Waals surface area contributed by atoms with Gasteiger partial charge in [-0.1, -0.05) is 59.7 Å². The van der Waals surface area contributed by atoms with Crippen LogP contribution in [0.25, 0.3) is 0 Å². The van der Waals surface area contributed by atoms with Crippen molar-refractivity contribution in [3.8, 4) is 0 Å². The number of aromatic nitrogens is 4. The standard InChI is InChI=1S/2C12H13N3O2/c1-9-3-5-11(6-4-9)8-14-10(2)12(7-13-14)15(16)17;1-9-3-5-11(6-4-9)7-14-8-12(15(16)17)10(2)13-14/h3-7H,8H2,1-2H3;3-6,8H,7H2,1-2H3. The normalized spacial score (nSPS) is 10.5. The molecule has 0 aliphatic heterocycles. The van der Waals surface area contributed by atoms with Gasteiger partial charge in [-0.15, -0.1) is 0 Å². The molecule has 0 saturated heterocycles. The molecule has 34 heavy (non-hydrogen) atoms. The summed E-state index contributed by atoms with van der Waals surface area (Å²) in [5, 5.41) is 29.5. The first-order chi connectivity index (χ1) is 16.1. The molecule has 0 saturated carbocycles. The van der Waals surface area contributed by atoms with E-state index in [4.69, 9.17) is 0 Å². The Hall–Kier alpha value is -4.34. The van der Waals surface area contributed by atoms with Gasteiger partial charge in [-0.25, -0.2) is 0 Å². The molecule has 10 nitrogen and oxygen atoms in total. The average Bonchev–Trinajstić information content (AvgIpc) is 3.34. The highest BCUT2D eigenvalue weighted by molar-refractivity contribution is 5.33. The SMILES string of the molecule is Cc1ccc(Cn2cc([N+](=O)[O-])c(C)n2)cc1.Cc1ccc(Cn2ncc([N+](=O)[O-])c2C)cc1. The van der Waals surface area contributed by atoms with Crippen LogP contribution in [0.5, 0.6) is 0 Å². The lowest BCUT2D eigenvalue weighted by molar-refractivity contribution is -0.385. The number of aryl methyl sites for hydroxylation is 3. The van der Waals surface area contributed by atoms with Crippen LogP contribution in [0.3, 0.4) is 0 Å². The summed E-state index contributed by atoms with van der Waals surface area (Å²) in [6.45, 7) is 8.50. The Morgan fingerprint density at radius 2 is 1.26 bits per heavy atom. The average molecular weight is 463 g/mol. The summed E-state index contributed by atoms with van der Waals surface area (Å²) in [6.07, 6.45) is 2.76. The van der Waals surface area contributed by atoms with Gasteiger partial charge in [-0.3, -0.25) is 29.6 Å². The zero-order chi connectivity index (χ0) is 24.8. The number of nitrogens with zero attached hydrogens (tertiary/aromatic N) is 6. The van der Waals surface area contributed by atoms with Crippen molar-refractivity contribution in [2.24, 2.45) is 0 Å². The van der Waals surface area contributed by atoms with Crippen molar-refractivity contribution in [2.45, 2.75) is 40.8 Å². The maximum atomic E-state index is 10.7. The molecule has 2 heterocycles. The van der Waals surface area contributed by atoms with E-state index in [-0.39, 0.29) is 11.4 Å². The third-order valence-corrected chi connectivity index (χ3v) is 5.31. The van der Waals surface area contributed by atoms with E-state index in [1.807, 2.05) is 62.4 Å². The highest BCUT2D eigenvalue weighted by Crippen LogP contribution is 2.18. The maximum Gasteiger partial charge on any atom is 0.309 e. The fourth-order valence-corrected chi connectivity index (χ4v) is 3.29. The van der Waals surface area contributed by atoms with Crippen LogP contribution in [0.2, 0.25) is 0 Å². The number of hydrogen-bond acceptors (Lipinski definition) is 6. The molecule has 176 valence electrons. The van der Waals surface area contributed by atoms with E-state index in [1.165, 1.54) is 23.5 Å². The van der Waals surface area contributed by atoms with Crippen LogP contribution in [0.4, 0.5) is 11.4 Å². The summed E-state index contributed by atoms with van der Waals surface area (Å²) in [7, 11) is 0. The van der Waals surface area contributed by atoms with Crippen LogP contribution in [0, 0.1) is 47.9 Å². The van der Waals surface area contributed by atoms with Crippen LogP contribution in [0.1, 0.15) is 33.6 Å². The van der Waals surface area contributed by atoms with Crippen LogP contribution in [-0.2, 0) is 13.1 Å². The monoisotopic (exact) mass is 462 g/mol. The zero-order valence-corrected chi connectivity index (χ0v) is 19.5. The number of benzene rings is 2. The van der Waals surface area contributed by atoms with Gasteiger partial charge in [0.05, 0.1) is 22.9 Å². The predicted molar refractivity (Wildman–Crippen MR) is 128 cm³/mol. The summed E-state index contributed by atoms with van der Waals surface area (Å²) in [6, 6.07) is 16.1. The molecule has 0 unspecified atom stereocenters. The maximum absolute atomic E-state index is 10.7. The molecular formula is C24H26N6O4. The Morgan fingerprint density at radius 1 is 0.765 bits per heavy atom. The molecular weight excluding hydrogens is 436 g/mol. The van der Waals surface area contributed by atoms with Gasteiger partial charge in [0, 0.05) is 0 Å². The van der Waals surface area contributed by atoms with Gasteiger partial charge in [0.1, 0.15) is 23.8 Å². The molecule has 0 bridgehead atoms. The molecule has 10 heteroatoms. The van der Waals surface area contributed by atoms with Crippen molar-refractivity contribution in [1.29, 1.82) is 0 Å². The molecule has 4 rings (SSSR count). The van der Waals surface area contributed by atoms with Crippen molar-refractivity contribution in [1.82, 2.24) is 19.6 Å². The lowest BCUT2D eigenvalue weighted by Gasteiger charge is -2.04. The fourth-order valence-electron chi connectivity index (χ4n) is 3.29. The molecule has 0 radical (unpaired) electrons. The lowest BCUT2D eigenvalue weighted by Crippen LogP contribution is -2.04. The smallest absolute Gasteiger partial charge is 0.261 e. The molecule has 2 aromatic carbocycles. The molecule has 4 aromatic rings. The first-order valence-electron chi connectivity index (χ1n) is 10.6. The zero-order valence-electron chi connectivity index (χ0n) is 19.5. The van der Waals surface area contributed by atoms with Crippen LogP contribution < -0.4 is 0 Å². The van der Waals surface area contributed by atoms with E-state index in [1.54, 1.807) is 23.2 Å². The van der Waals surface area contributed by atoms with E-state index < -0.39 is 9.85 Å². The van der Waals surface area contributed by atoms with E-state index in [2.05, 4.69) is 10.2 Å². The second-order valence-electron chi connectivity index (χ2n) is 8.06.